The molecule has 1 fully saturated rings. The molecule has 1 aromatic heterocycles. The van der Waals surface area contributed by atoms with E-state index in [2.05, 4.69) is 24.3 Å². The largest absolute Gasteiger partial charge is 0.618 e. The molecule has 1 aliphatic heterocycles. The van der Waals surface area contributed by atoms with E-state index in [0.29, 0.717) is 16.7 Å². The van der Waals surface area contributed by atoms with Crippen LogP contribution in [0.1, 0.15) is 18.4 Å². The van der Waals surface area contributed by atoms with Crippen molar-refractivity contribution in [2.24, 2.45) is 5.92 Å². The molecule has 2 heterocycles. The van der Waals surface area contributed by atoms with E-state index < -0.39 is 0 Å². The van der Waals surface area contributed by atoms with Crippen molar-refractivity contribution in [3.63, 3.8) is 0 Å². The third-order valence-corrected chi connectivity index (χ3v) is 5.47. The fourth-order valence-electron chi connectivity index (χ4n) is 3.09. The molecule has 1 saturated heterocycles. The fourth-order valence-corrected chi connectivity index (χ4v) is 3.90. The molecule has 0 radical (unpaired) electrons. The molecular formula is C19H22N2O2S. The van der Waals surface area contributed by atoms with Gasteiger partial charge in [0.2, 0.25) is 5.91 Å². The highest BCUT2D eigenvalue weighted by Gasteiger charge is 2.23. The summed E-state index contributed by atoms with van der Waals surface area (Å²) in [5.41, 5.74) is 1.38. The molecule has 0 aliphatic carbocycles. The van der Waals surface area contributed by atoms with E-state index in [9.17, 15) is 10.0 Å². The summed E-state index contributed by atoms with van der Waals surface area (Å²) >= 11 is 1.31. The number of carbonyl (C=O) groups is 1. The van der Waals surface area contributed by atoms with Crippen LogP contribution >= 0.6 is 11.8 Å². The summed E-state index contributed by atoms with van der Waals surface area (Å²) in [5.74, 6) is 1.11. The standard InChI is InChI=1S/C19H22N2O2S/c22-18(15-24-19-8-4-5-11-21(19)23)20-12-9-17(10-13-20)14-16-6-2-1-3-7-16/h1-8,11,17H,9-10,12-15H2. The molecule has 4 nitrogen and oxygen atoms in total. The van der Waals surface area contributed by atoms with Crippen LogP contribution in [0.4, 0.5) is 0 Å². The van der Waals surface area contributed by atoms with E-state index in [1.54, 1.807) is 12.1 Å². The summed E-state index contributed by atoms with van der Waals surface area (Å²) in [6, 6.07) is 15.8. The van der Waals surface area contributed by atoms with E-state index in [1.807, 2.05) is 17.0 Å². The number of pyridine rings is 1. The third kappa shape index (κ3) is 4.51. The van der Waals surface area contributed by atoms with Gasteiger partial charge in [0.1, 0.15) is 0 Å². The van der Waals surface area contributed by atoms with Gasteiger partial charge in [-0.25, -0.2) is 0 Å². The van der Waals surface area contributed by atoms with Crippen LogP contribution in [0.2, 0.25) is 0 Å². The fraction of sp³-hybridized carbons (Fsp3) is 0.368. The summed E-state index contributed by atoms with van der Waals surface area (Å²) in [5, 5.41) is 12.2. The number of hydrogen-bond donors (Lipinski definition) is 0. The number of piperidine rings is 1. The number of amides is 1. The van der Waals surface area contributed by atoms with Crippen LogP contribution < -0.4 is 4.73 Å². The highest BCUT2D eigenvalue weighted by atomic mass is 32.2. The minimum Gasteiger partial charge on any atom is -0.618 e. The van der Waals surface area contributed by atoms with Gasteiger partial charge in [0.25, 0.3) is 5.03 Å². The van der Waals surface area contributed by atoms with Crippen molar-refractivity contribution < 1.29 is 9.52 Å². The number of likely N-dealkylation sites (tertiary alicyclic amines) is 1. The predicted octanol–water partition coefficient (Wildman–Crippen LogP) is 2.89. The van der Waals surface area contributed by atoms with Gasteiger partial charge in [0.05, 0.1) is 5.75 Å². The Morgan fingerprint density at radius 3 is 2.54 bits per heavy atom. The van der Waals surface area contributed by atoms with Gasteiger partial charge in [-0.1, -0.05) is 30.3 Å². The van der Waals surface area contributed by atoms with Gasteiger partial charge in [0.15, 0.2) is 6.20 Å². The molecule has 0 bridgehead atoms. The van der Waals surface area contributed by atoms with Crippen molar-refractivity contribution in [1.29, 1.82) is 0 Å². The van der Waals surface area contributed by atoms with Crippen molar-refractivity contribution in [3.05, 3.63) is 65.5 Å². The van der Waals surface area contributed by atoms with Gasteiger partial charge in [-0.05, 0) is 48.6 Å². The van der Waals surface area contributed by atoms with Crippen LogP contribution in [-0.4, -0.2) is 29.6 Å². The molecule has 1 aromatic carbocycles. The minimum atomic E-state index is 0.127. The Morgan fingerprint density at radius 2 is 1.83 bits per heavy atom. The molecule has 0 spiro atoms. The lowest BCUT2D eigenvalue weighted by molar-refractivity contribution is -0.645. The molecule has 24 heavy (non-hydrogen) atoms. The number of thioether (sulfide) groups is 1. The van der Waals surface area contributed by atoms with E-state index in [-0.39, 0.29) is 5.91 Å². The summed E-state index contributed by atoms with van der Waals surface area (Å²) in [4.78, 5) is 14.3. The van der Waals surface area contributed by atoms with Crippen LogP contribution in [0.3, 0.4) is 0 Å². The first-order chi connectivity index (χ1) is 11.7. The summed E-state index contributed by atoms with van der Waals surface area (Å²) in [6.45, 7) is 1.64. The first-order valence-corrected chi connectivity index (χ1v) is 9.33. The topological polar surface area (TPSA) is 47.2 Å². The Hall–Kier alpha value is -2.01. The Labute approximate surface area is 147 Å². The Morgan fingerprint density at radius 1 is 1.12 bits per heavy atom. The van der Waals surface area contributed by atoms with E-state index in [1.165, 1.54) is 23.5 Å². The average Bonchev–Trinajstić information content (AvgIpc) is 2.62. The zero-order chi connectivity index (χ0) is 16.8. The van der Waals surface area contributed by atoms with Gasteiger partial charge in [-0.2, -0.15) is 4.73 Å². The highest BCUT2D eigenvalue weighted by molar-refractivity contribution is 7.99. The van der Waals surface area contributed by atoms with Crippen LogP contribution in [0.5, 0.6) is 0 Å². The lowest BCUT2D eigenvalue weighted by Gasteiger charge is -2.32. The van der Waals surface area contributed by atoms with Gasteiger partial charge in [-0.3, -0.25) is 4.79 Å². The van der Waals surface area contributed by atoms with E-state index in [4.69, 9.17) is 0 Å². The quantitative estimate of drug-likeness (QED) is 0.477. The monoisotopic (exact) mass is 342 g/mol. The second-order valence-electron chi connectivity index (χ2n) is 6.17. The summed E-state index contributed by atoms with van der Waals surface area (Å²) in [6.07, 6.45) is 4.66. The van der Waals surface area contributed by atoms with E-state index in [0.717, 1.165) is 37.1 Å². The molecule has 3 rings (SSSR count). The Balaban J connectivity index is 1.44. The van der Waals surface area contributed by atoms with Crippen LogP contribution in [0.15, 0.2) is 59.8 Å². The maximum absolute atomic E-state index is 12.3. The van der Waals surface area contributed by atoms with Crippen LogP contribution in [0.25, 0.3) is 0 Å². The number of aromatic nitrogens is 1. The smallest absolute Gasteiger partial charge is 0.251 e. The molecule has 1 amide bonds. The zero-order valence-corrected chi connectivity index (χ0v) is 14.5. The Bertz CT molecular complexity index is 670. The third-order valence-electron chi connectivity index (χ3n) is 4.47. The molecule has 1 aliphatic rings. The first kappa shape index (κ1) is 16.8. The Kier molecular flexibility index (Phi) is 5.75. The summed E-state index contributed by atoms with van der Waals surface area (Å²) < 4.78 is 0.810. The van der Waals surface area contributed by atoms with Crippen molar-refractivity contribution in [3.8, 4) is 0 Å². The van der Waals surface area contributed by atoms with Gasteiger partial charge < -0.3 is 10.1 Å². The van der Waals surface area contributed by atoms with Crippen molar-refractivity contribution >= 4 is 17.7 Å². The maximum atomic E-state index is 12.3. The molecule has 0 saturated carbocycles. The van der Waals surface area contributed by atoms with Crippen molar-refractivity contribution in [1.82, 2.24) is 4.90 Å². The second kappa shape index (κ2) is 8.20. The SMILES string of the molecule is O=C(CSc1cccc[n+]1[O-])N1CCC(Cc2ccccc2)CC1. The molecular weight excluding hydrogens is 320 g/mol. The van der Waals surface area contributed by atoms with Gasteiger partial charge in [0, 0.05) is 25.2 Å². The lowest BCUT2D eigenvalue weighted by atomic mass is 9.90. The maximum Gasteiger partial charge on any atom is 0.251 e. The van der Waals surface area contributed by atoms with E-state index >= 15 is 0 Å². The minimum absolute atomic E-state index is 0.127. The number of rotatable bonds is 5. The number of carbonyl (C=O) groups excluding carboxylic acids is 1. The molecule has 5 heteroatoms. The van der Waals surface area contributed by atoms with Gasteiger partial charge >= 0.3 is 0 Å². The summed E-state index contributed by atoms with van der Waals surface area (Å²) in [7, 11) is 0. The van der Waals surface area contributed by atoms with Crippen molar-refractivity contribution in [2.75, 3.05) is 18.8 Å². The highest BCUT2D eigenvalue weighted by Crippen LogP contribution is 2.23. The van der Waals surface area contributed by atoms with Gasteiger partial charge in [-0.15, -0.1) is 0 Å². The molecule has 2 aromatic rings. The number of hydrogen-bond acceptors (Lipinski definition) is 3. The number of nitrogens with zero attached hydrogens (tertiary/aromatic N) is 2. The van der Waals surface area contributed by atoms with Crippen LogP contribution in [-0.2, 0) is 11.2 Å². The average molecular weight is 342 g/mol. The zero-order valence-electron chi connectivity index (χ0n) is 13.6. The normalized spacial score (nSPS) is 15.4. The second-order valence-corrected chi connectivity index (χ2v) is 7.16. The van der Waals surface area contributed by atoms with Crippen molar-refractivity contribution in [2.45, 2.75) is 24.3 Å². The van der Waals surface area contributed by atoms with Crippen LogP contribution in [0, 0.1) is 11.1 Å². The predicted molar refractivity (Wildman–Crippen MR) is 95.6 cm³/mol. The lowest BCUT2D eigenvalue weighted by Crippen LogP contribution is -2.40. The molecule has 0 N–H and O–H groups in total. The number of benzene rings is 1. The molecule has 126 valence electrons. The molecule has 0 atom stereocenters. The first-order valence-electron chi connectivity index (χ1n) is 8.35. The molecule has 0 unspecified atom stereocenters.